The quantitative estimate of drug-likeness (QED) is 0.860. The van der Waals surface area contributed by atoms with E-state index in [4.69, 9.17) is 0 Å². The van der Waals surface area contributed by atoms with Crippen LogP contribution in [0.4, 0.5) is 4.39 Å². The molecule has 0 atom stereocenters. The van der Waals surface area contributed by atoms with Crippen molar-refractivity contribution in [3.63, 3.8) is 0 Å². The molecule has 1 rings (SSSR count). The Bertz CT molecular complexity index is 436. The van der Waals surface area contributed by atoms with Gasteiger partial charge in [-0.2, -0.15) is 11.8 Å². The predicted molar refractivity (Wildman–Crippen MR) is 80.3 cm³/mol. The molecule has 1 aromatic rings. The molecule has 0 aliphatic carbocycles. The number of hydrogen-bond acceptors (Lipinski definition) is 2. The van der Waals surface area contributed by atoms with Gasteiger partial charge < -0.3 is 5.32 Å². The Morgan fingerprint density at radius 2 is 2.00 bits per heavy atom. The second-order valence-corrected chi connectivity index (χ2v) is 6.03. The smallest absolute Gasteiger partial charge is 0.254 e. The summed E-state index contributed by atoms with van der Waals surface area (Å²) >= 11 is 1.75. The van der Waals surface area contributed by atoms with Gasteiger partial charge >= 0.3 is 0 Å². The second-order valence-electron chi connectivity index (χ2n) is 4.76. The van der Waals surface area contributed by atoms with Crippen LogP contribution in [0.15, 0.2) is 18.2 Å². The molecule has 0 saturated carbocycles. The predicted octanol–water partition coefficient (Wildman–Crippen LogP) is 3.79. The molecule has 0 aliphatic rings. The zero-order valence-corrected chi connectivity index (χ0v) is 12.9. The molecule has 0 fully saturated rings. The number of carbonyl (C=O) groups excluding carboxylic acids is 1. The van der Waals surface area contributed by atoms with Gasteiger partial charge in [-0.05, 0) is 38.2 Å². The number of aryl methyl sites for hydroxylation is 1. The molecule has 0 aliphatic heterocycles. The molecule has 1 N–H and O–H groups in total. The molecule has 0 heterocycles. The number of rotatable bonds is 6. The first-order chi connectivity index (χ1) is 8.98. The lowest BCUT2D eigenvalue weighted by Crippen LogP contribution is -2.39. The number of benzene rings is 1. The van der Waals surface area contributed by atoms with Crippen molar-refractivity contribution in [2.24, 2.45) is 0 Å². The summed E-state index contributed by atoms with van der Waals surface area (Å²) in [7, 11) is 0. The van der Waals surface area contributed by atoms with Crippen molar-refractivity contribution in [2.45, 2.75) is 38.4 Å². The van der Waals surface area contributed by atoms with E-state index in [1.165, 1.54) is 6.07 Å². The monoisotopic (exact) mass is 283 g/mol. The fourth-order valence-electron chi connectivity index (χ4n) is 2.01. The molecule has 0 spiro atoms. The van der Waals surface area contributed by atoms with E-state index in [1.807, 2.05) is 13.2 Å². The van der Waals surface area contributed by atoms with E-state index < -0.39 is 5.82 Å². The van der Waals surface area contributed by atoms with Gasteiger partial charge in [-0.3, -0.25) is 4.79 Å². The van der Waals surface area contributed by atoms with Crippen molar-refractivity contribution in [1.82, 2.24) is 5.32 Å². The fraction of sp³-hybridized carbons (Fsp3) is 0.533. The number of nitrogens with one attached hydrogen (secondary N) is 1. The highest BCUT2D eigenvalue weighted by atomic mass is 32.2. The van der Waals surface area contributed by atoms with Crippen LogP contribution in [0.5, 0.6) is 0 Å². The molecule has 1 aromatic carbocycles. The van der Waals surface area contributed by atoms with Crippen LogP contribution in [0.2, 0.25) is 0 Å². The van der Waals surface area contributed by atoms with Crippen molar-refractivity contribution in [1.29, 1.82) is 0 Å². The minimum absolute atomic E-state index is 0.0377. The molecule has 0 radical (unpaired) electrons. The zero-order chi connectivity index (χ0) is 14.5. The van der Waals surface area contributed by atoms with Crippen molar-refractivity contribution < 1.29 is 9.18 Å². The van der Waals surface area contributed by atoms with Crippen molar-refractivity contribution in [3.05, 3.63) is 35.1 Å². The van der Waals surface area contributed by atoms with E-state index in [0.717, 1.165) is 18.4 Å². The van der Waals surface area contributed by atoms with Gasteiger partial charge in [0.1, 0.15) is 5.82 Å². The molecular formula is C15H22FNOS. The Hall–Kier alpha value is -1.03. The summed E-state index contributed by atoms with van der Waals surface area (Å²) in [5, 5.41) is 2.86. The van der Waals surface area contributed by atoms with Crippen molar-refractivity contribution in [3.8, 4) is 0 Å². The average molecular weight is 283 g/mol. The molecule has 0 aromatic heterocycles. The molecule has 19 heavy (non-hydrogen) atoms. The van der Waals surface area contributed by atoms with E-state index in [2.05, 4.69) is 19.2 Å². The highest BCUT2D eigenvalue weighted by Gasteiger charge is 2.26. The molecule has 1 amide bonds. The Kier molecular flexibility index (Phi) is 5.85. The summed E-state index contributed by atoms with van der Waals surface area (Å²) in [5.74, 6) is -0.799. The van der Waals surface area contributed by atoms with Crippen LogP contribution < -0.4 is 5.32 Å². The van der Waals surface area contributed by atoms with Gasteiger partial charge in [-0.1, -0.05) is 25.5 Å². The van der Waals surface area contributed by atoms with Crippen LogP contribution in [0.1, 0.15) is 42.6 Å². The van der Waals surface area contributed by atoms with Crippen molar-refractivity contribution >= 4 is 17.7 Å². The standard InChI is InChI=1S/C15H22FNOS/c1-5-15(6-2,19-4)10-17-14(18)12-9-11(3)7-8-13(12)16/h7-9H,5-6,10H2,1-4H3,(H,17,18). The second kappa shape index (κ2) is 6.94. The van der Waals surface area contributed by atoms with Crippen LogP contribution in [-0.2, 0) is 0 Å². The third-order valence-corrected chi connectivity index (χ3v) is 5.25. The largest absolute Gasteiger partial charge is 0.351 e. The summed E-state index contributed by atoms with van der Waals surface area (Å²) < 4.78 is 13.7. The average Bonchev–Trinajstić information content (AvgIpc) is 2.43. The maximum atomic E-state index is 13.6. The van der Waals surface area contributed by atoms with Crippen LogP contribution >= 0.6 is 11.8 Å². The zero-order valence-electron chi connectivity index (χ0n) is 12.0. The molecule has 0 saturated heterocycles. The van der Waals surface area contributed by atoms with E-state index in [9.17, 15) is 9.18 Å². The topological polar surface area (TPSA) is 29.1 Å². The van der Waals surface area contributed by atoms with E-state index in [-0.39, 0.29) is 16.2 Å². The third-order valence-electron chi connectivity index (χ3n) is 3.66. The van der Waals surface area contributed by atoms with Gasteiger partial charge in [0.25, 0.3) is 5.91 Å². The normalized spacial score (nSPS) is 11.4. The van der Waals surface area contributed by atoms with Gasteiger partial charge in [0.15, 0.2) is 0 Å². The van der Waals surface area contributed by atoms with E-state index in [1.54, 1.807) is 23.9 Å². The maximum absolute atomic E-state index is 13.6. The van der Waals surface area contributed by atoms with Gasteiger partial charge in [0.05, 0.1) is 5.56 Å². The van der Waals surface area contributed by atoms with Gasteiger partial charge in [-0.25, -0.2) is 4.39 Å². The number of carbonyl (C=O) groups is 1. The molecule has 0 bridgehead atoms. The van der Waals surface area contributed by atoms with E-state index >= 15 is 0 Å². The van der Waals surface area contributed by atoms with E-state index in [0.29, 0.717) is 6.54 Å². The first kappa shape index (κ1) is 16.0. The lowest BCUT2D eigenvalue weighted by Gasteiger charge is -2.29. The van der Waals surface area contributed by atoms with Gasteiger partial charge in [-0.15, -0.1) is 0 Å². The lowest BCUT2D eigenvalue weighted by atomic mass is 10.0. The van der Waals surface area contributed by atoms with Crippen LogP contribution in [-0.4, -0.2) is 23.5 Å². The molecular weight excluding hydrogens is 261 g/mol. The summed E-state index contributed by atoms with van der Waals surface area (Å²) in [6.45, 7) is 6.63. The Morgan fingerprint density at radius 1 is 1.37 bits per heavy atom. The summed E-state index contributed by atoms with van der Waals surface area (Å²) in [5.41, 5.74) is 1.01. The summed E-state index contributed by atoms with van der Waals surface area (Å²) in [6, 6.07) is 4.59. The number of amides is 1. The summed E-state index contributed by atoms with van der Waals surface area (Å²) in [4.78, 5) is 12.1. The first-order valence-corrected chi connectivity index (χ1v) is 7.80. The Balaban J connectivity index is 2.77. The molecule has 0 unspecified atom stereocenters. The highest BCUT2D eigenvalue weighted by molar-refractivity contribution is 8.00. The minimum atomic E-state index is -0.467. The SMILES string of the molecule is CCC(CC)(CNC(=O)c1cc(C)ccc1F)SC. The minimum Gasteiger partial charge on any atom is -0.351 e. The van der Waals surface area contributed by atoms with Gasteiger partial charge in [0, 0.05) is 11.3 Å². The number of hydrogen-bond donors (Lipinski definition) is 1. The highest BCUT2D eigenvalue weighted by Crippen LogP contribution is 2.29. The Labute approximate surface area is 119 Å². The number of halogens is 1. The maximum Gasteiger partial charge on any atom is 0.254 e. The number of thioether (sulfide) groups is 1. The van der Waals surface area contributed by atoms with Crippen LogP contribution in [0, 0.1) is 12.7 Å². The lowest BCUT2D eigenvalue weighted by molar-refractivity contribution is 0.0945. The first-order valence-electron chi connectivity index (χ1n) is 6.57. The van der Waals surface area contributed by atoms with Crippen LogP contribution in [0.3, 0.4) is 0 Å². The van der Waals surface area contributed by atoms with Crippen molar-refractivity contribution in [2.75, 3.05) is 12.8 Å². The molecule has 2 nitrogen and oxygen atoms in total. The van der Waals surface area contributed by atoms with Crippen LogP contribution in [0.25, 0.3) is 0 Å². The molecule has 4 heteroatoms. The summed E-state index contributed by atoms with van der Waals surface area (Å²) in [6.07, 6.45) is 3.99. The fourth-order valence-corrected chi connectivity index (χ4v) is 2.80. The molecule has 106 valence electrons. The third kappa shape index (κ3) is 3.96. The van der Waals surface area contributed by atoms with Gasteiger partial charge in [0.2, 0.25) is 0 Å². The Morgan fingerprint density at radius 3 is 2.53 bits per heavy atom.